The van der Waals surface area contributed by atoms with Crippen LogP contribution in [0.1, 0.15) is 31.4 Å². The first-order valence-corrected chi connectivity index (χ1v) is 7.88. The summed E-state index contributed by atoms with van der Waals surface area (Å²) < 4.78 is 11.1. The normalized spacial score (nSPS) is 29.6. The van der Waals surface area contributed by atoms with E-state index < -0.39 is 0 Å². The molecule has 0 amide bonds. The molecule has 20 heavy (non-hydrogen) atoms. The zero-order valence-electron chi connectivity index (χ0n) is 12.5. The van der Waals surface area contributed by atoms with Gasteiger partial charge in [0.1, 0.15) is 5.76 Å². The van der Waals surface area contributed by atoms with Gasteiger partial charge in [-0.3, -0.25) is 9.80 Å². The van der Waals surface area contributed by atoms with Crippen molar-refractivity contribution in [2.45, 2.75) is 44.4 Å². The molecule has 1 saturated heterocycles. The maximum absolute atomic E-state index is 5.70. The number of methoxy groups -OCH3 is 1. The first kappa shape index (κ1) is 14.1. The van der Waals surface area contributed by atoms with Crippen molar-refractivity contribution >= 4 is 0 Å². The molecule has 0 spiro atoms. The average Bonchev–Trinajstić information content (AvgIpc) is 3.01. The van der Waals surface area contributed by atoms with Gasteiger partial charge >= 0.3 is 0 Å². The minimum Gasteiger partial charge on any atom is -0.468 e. The Bertz CT molecular complexity index is 385. The van der Waals surface area contributed by atoms with E-state index in [-0.39, 0.29) is 0 Å². The summed E-state index contributed by atoms with van der Waals surface area (Å²) in [6.07, 6.45) is 7.42. The Hall–Kier alpha value is -0.840. The first-order chi connectivity index (χ1) is 9.86. The molecule has 2 unspecified atom stereocenters. The van der Waals surface area contributed by atoms with Crippen LogP contribution >= 0.6 is 0 Å². The van der Waals surface area contributed by atoms with E-state index in [4.69, 9.17) is 9.15 Å². The Morgan fingerprint density at radius 1 is 1.20 bits per heavy atom. The highest BCUT2D eigenvalue weighted by Gasteiger charge is 2.32. The molecule has 2 aliphatic rings. The fourth-order valence-corrected chi connectivity index (χ4v) is 3.65. The molecule has 1 saturated carbocycles. The lowest BCUT2D eigenvalue weighted by atomic mass is 9.91. The molecule has 2 heterocycles. The van der Waals surface area contributed by atoms with E-state index in [0.717, 1.165) is 38.5 Å². The van der Waals surface area contributed by atoms with Crippen LogP contribution in [-0.2, 0) is 11.3 Å². The molecule has 0 bridgehead atoms. The molecule has 4 heteroatoms. The van der Waals surface area contributed by atoms with E-state index in [0.29, 0.717) is 12.1 Å². The number of nitrogens with zero attached hydrogens (tertiary/aromatic N) is 2. The molecule has 2 fully saturated rings. The lowest BCUT2D eigenvalue weighted by Gasteiger charge is -2.43. The number of furan rings is 1. The topological polar surface area (TPSA) is 28.9 Å². The first-order valence-electron chi connectivity index (χ1n) is 7.88. The highest BCUT2D eigenvalue weighted by atomic mass is 16.5. The fraction of sp³-hybridized carbons (Fsp3) is 0.750. The van der Waals surface area contributed by atoms with Crippen LogP contribution < -0.4 is 0 Å². The van der Waals surface area contributed by atoms with E-state index >= 15 is 0 Å². The zero-order chi connectivity index (χ0) is 13.8. The Morgan fingerprint density at radius 2 is 2.00 bits per heavy atom. The summed E-state index contributed by atoms with van der Waals surface area (Å²) in [5.41, 5.74) is 0. The van der Waals surface area contributed by atoms with Gasteiger partial charge in [-0.25, -0.2) is 0 Å². The molecule has 2 atom stereocenters. The molecule has 4 nitrogen and oxygen atoms in total. The second-order valence-corrected chi connectivity index (χ2v) is 6.02. The standard InChI is InChI=1S/C16H26N2O2/c1-19-16-7-3-2-6-15(16)18-10-8-17(9-11-18)13-14-5-4-12-20-14/h4-5,12,15-16H,2-3,6-11,13H2,1H3. The van der Waals surface area contributed by atoms with E-state index in [1.165, 1.54) is 25.7 Å². The number of piperazine rings is 1. The van der Waals surface area contributed by atoms with E-state index in [1.54, 1.807) is 6.26 Å². The van der Waals surface area contributed by atoms with Crippen molar-refractivity contribution < 1.29 is 9.15 Å². The van der Waals surface area contributed by atoms with Crippen molar-refractivity contribution in [3.8, 4) is 0 Å². The quantitative estimate of drug-likeness (QED) is 0.845. The van der Waals surface area contributed by atoms with Crippen molar-refractivity contribution in [2.24, 2.45) is 0 Å². The van der Waals surface area contributed by atoms with Crippen LogP contribution in [0.5, 0.6) is 0 Å². The lowest BCUT2D eigenvalue weighted by molar-refractivity contribution is -0.0284. The zero-order valence-corrected chi connectivity index (χ0v) is 12.5. The van der Waals surface area contributed by atoms with Gasteiger partial charge < -0.3 is 9.15 Å². The van der Waals surface area contributed by atoms with Gasteiger partial charge in [0.25, 0.3) is 0 Å². The molecule has 1 aliphatic heterocycles. The van der Waals surface area contributed by atoms with Crippen LogP contribution in [0.25, 0.3) is 0 Å². The van der Waals surface area contributed by atoms with Crippen molar-refractivity contribution in [3.63, 3.8) is 0 Å². The van der Waals surface area contributed by atoms with Crippen molar-refractivity contribution in [1.29, 1.82) is 0 Å². The van der Waals surface area contributed by atoms with Crippen LogP contribution in [0.2, 0.25) is 0 Å². The molecule has 3 rings (SSSR count). The number of ether oxygens (including phenoxy) is 1. The van der Waals surface area contributed by atoms with Crippen molar-refractivity contribution in [2.75, 3.05) is 33.3 Å². The minimum atomic E-state index is 0.445. The molecule has 112 valence electrons. The summed E-state index contributed by atoms with van der Waals surface area (Å²) in [5.74, 6) is 1.07. The van der Waals surface area contributed by atoms with Crippen molar-refractivity contribution in [1.82, 2.24) is 9.80 Å². The smallest absolute Gasteiger partial charge is 0.117 e. The third-order valence-corrected chi connectivity index (χ3v) is 4.81. The van der Waals surface area contributed by atoms with Gasteiger partial charge in [-0.1, -0.05) is 12.8 Å². The molecule has 0 radical (unpaired) electrons. The van der Waals surface area contributed by atoms with Crippen LogP contribution in [0, 0.1) is 0 Å². The Morgan fingerprint density at radius 3 is 2.70 bits per heavy atom. The summed E-state index contributed by atoms with van der Waals surface area (Å²) >= 11 is 0. The van der Waals surface area contributed by atoms with Crippen LogP contribution in [-0.4, -0.2) is 55.2 Å². The maximum atomic E-state index is 5.70. The molecular weight excluding hydrogens is 252 g/mol. The number of hydrogen-bond acceptors (Lipinski definition) is 4. The molecule has 0 aromatic carbocycles. The van der Waals surface area contributed by atoms with Gasteiger partial charge in [-0.15, -0.1) is 0 Å². The Labute approximate surface area is 121 Å². The molecule has 1 aromatic rings. The predicted molar refractivity (Wildman–Crippen MR) is 78.6 cm³/mol. The monoisotopic (exact) mass is 278 g/mol. The number of rotatable bonds is 4. The van der Waals surface area contributed by atoms with E-state index in [2.05, 4.69) is 15.9 Å². The lowest BCUT2D eigenvalue weighted by Crippen LogP contribution is -2.54. The maximum Gasteiger partial charge on any atom is 0.117 e. The molecule has 1 aliphatic carbocycles. The highest BCUT2D eigenvalue weighted by Crippen LogP contribution is 2.26. The molecular formula is C16H26N2O2. The molecule has 1 aromatic heterocycles. The van der Waals surface area contributed by atoms with E-state index in [9.17, 15) is 0 Å². The number of hydrogen-bond donors (Lipinski definition) is 0. The SMILES string of the molecule is COC1CCCCC1N1CCN(Cc2ccco2)CC1. The fourth-order valence-electron chi connectivity index (χ4n) is 3.65. The van der Waals surface area contributed by atoms with Gasteiger partial charge in [0, 0.05) is 39.3 Å². The average molecular weight is 278 g/mol. The van der Waals surface area contributed by atoms with Gasteiger partial charge in [0.2, 0.25) is 0 Å². The largest absolute Gasteiger partial charge is 0.468 e. The third kappa shape index (κ3) is 3.25. The minimum absolute atomic E-state index is 0.445. The summed E-state index contributed by atoms with van der Waals surface area (Å²) in [4.78, 5) is 5.13. The van der Waals surface area contributed by atoms with Gasteiger partial charge in [-0.05, 0) is 25.0 Å². The van der Waals surface area contributed by atoms with Crippen LogP contribution in [0.15, 0.2) is 22.8 Å². The van der Waals surface area contributed by atoms with Gasteiger partial charge in [-0.2, -0.15) is 0 Å². The Balaban J connectivity index is 1.50. The highest BCUT2D eigenvalue weighted by molar-refractivity contribution is 4.98. The molecule has 0 N–H and O–H groups in total. The van der Waals surface area contributed by atoms with Crippen LogP contribution in [0.4, 0.5) is 0 Å². The summed E-state index contributed by atoms with van der Waals surface area (Å²) in [5, 5.41) is 0. The summed E-state index contributed by atoms with van der Waals surface area (Å²) in [7, 11) is 1.87. The second-order valence-electron chi connectivity index (χ2n) is 6.02. The Kier molecular flexibility index (Phi) is 4.76. The van der Waals surface area contributed by atoms with Crippen LogP contribution in [0.3, 0.4) is 0 Å². The van der Waals surface area contributed by atoms with Crippen molar-refractivity contribution in [3.05, 3.63) is 24.2 Å². The summed E-state index contributed by atoms with van der Waals surface area (Å²) in [6, 6.07) is 4.67. The van der Waals surface area contributed by atoms with Gasteiger partial charge in [0.15, 0.2) is 0 Å². The second kappa shape index (κ2) is 6.74. The van der Waals surface area contributed by atoms with Gasteiger partial charge in [0.05, 0.1) is 18.9 Å². The van der Waals surface area contributed by atoms with E-state index in [1.807, 2.05) is 13.2 Å². The third-order valence-electron chi connectivity index (χ3n) is 4.81. The summed E-state index contributed by atoms with van der Waals surface area (Å²) in [6.45, 7) is 5.52. The predicted octanol–water partition coefficient (Wildman–Crippen LogP) is 2.35.